The van der Waals surface area contributed by atoms with Gasteiger partial charge in [-0.25, -0.2) is 4.79 Å². The summed E-state index contributed by atoms with van der Waals surface area (Å²) in [4.78, 5) is 11.7. The summed E-state index contributed by atoms with van der Waals surface area (Å²) in [6.45, 7) is -0.157. The van der Waals surface area contributed by atoms with Gasteiger partial charge in [-0.3, -0.25) is 0 Å². The molecule has 2 unspecified atom stereocenters. The molecule has 2 amide bonds. The Bertz CT molecular complexity index is 573. The molecule has 7 heteroatoms. The average molecular weight is 328 g/mol. The van der Waals surface area contributed by atoms with E-state index in [1.165, 1.54) is 12.1 Å². The third-order valence-corrected chi connectivity index (χ3v) is 3.66. The van der Waals surface area contributed by atoms with Crippen LogP contribution < -0.4 is 10.6 Å². The molecule has 2 rings (SSSR count). The molecule has 1 aromatic rings. The number of aliphatic hydroxyl groups excluding tert-OH is 1. The maximum absolute atomic E-state index is 12.6. The molecule has 0 saturated carbocycles. The van der Waals surface area contributed by atoms with Crippen molar-refractivity contribution in [1.29, 1.82) is 0 Å². The van der Waals surface area contributed by atoms with Crippen LogP contribution in [-0.2, 0) is 6.18 Å². The highest BCUT2D eigenvalue weighted by molar-refractivity contribution is 5.74. The number of rotatable bonds is 4. The van der Waals surface area contributed by atoms with Gasteiger partial charge in [0.15, 0.2) is 0 Å². The predicted octanol–water partition coefficient (Wildman–Crippen LogP) is 3.15. The second kappa shape index (κ2) is 7.50. The molecule has 0 saturated heterocycles. The van der Waals surface area contributed by atoms with Crippen molar-refractivity contribution < 1.29 is 23.1 Å². The third-order valence-electron chi connectivity index (χ3n) is 3.66. The summed E-state index contributed by atoms with van der Waals surface area (Å²) in [6.07, 6.45) is 0.880. The number of hydrogen-bond acceptors (Lipinski definition) is 2. The minimum absolute atomic E-state index is 0.0469. The van der Waals surface area contributed by atoms with Crippen molar-refractivity contribution in [2.75, 3.05) is 6.54 Å². The van der Waals surface area contributed by atoms with Gasteiger partial charge in [0.25, 0.3) is 0 Å². The Morgan fingerprint density at radius 2 is 2.13 bits per heavy atom. The Morgan fingerprint density at radius 3 is 2.78 bits per heavy atom. The quantitative estimate of drug-likeness (QED) is 0.744. The zero-order valence-corrected chi connectivity index (χ0v) is 12.4. The van der Waals surface area contributed by atoms with E-state index in [-0.39, 0.29) is 18.2 Å². The highest BCUT2D eigenvalue weighted by Crippen LogP contribution is 2.30. The van der Waals surface area contributed by atoms with E-state index in [4.69, 9.17) is 0 Å². The van der Waals surface area contributed by atoms with Crippen LogP contribution in [0, 0.1) is 0 Å². The number of hydrogen-bond donors (Lipinski definition) is 3. The lowest BCUT2D eigenvalue weighted by Crippen LogP contribution is -2.43. The van der Waals surface area contributed by atoms with Crippen molar-refractivity contribution in [1.82, 2.24) is 10.6 Å². The first kappa shape index (κ1) is 17.3. The molecule has 0 aliphatic heterocycles. The smallest absolute Gasteiger partial charge is 0.387 e. The highest BCUT2D eigenvalue weighted by Gasteiger charge is 2.30. The van der Waals surface area contributed by atoms with Gasteiger partial charge in [0.2, 0.25) is 0 Å². The number of alkyl halides is 3. The molecule has 23 heavy (non-hydrogen) atoms. The van der Waals surface area contributed by atoms with Crippen molar-refractivity contribution >= 4 is 6.03 Å². The van der Waals surface area contributed by atoms with Gasteiger partial charge < -0.3 is 15.7 Å². The summed E-state index contributed by atoms with van der Waals surface area (Å²) < 4.78 is 37.9. The van der Waals surface area contributed by atoms with Gasteiger partial charge in [-0.2, -0.15) is 13.2 Å². The van der Waals surface area contributed by atoms with Crippen molar-refractivity contribution in [3.05, 3.63) is 47.5 Å². The molecule has 0 fully saturated rings. The summed E-state index contributed by atoms with van der Waals surface area (Å²) in [7, 11) is 0. The largest absolute Gasteiger partial charge is 0.416 e. The fraction of sp³-hybridized carbons (Fsp3) is 0.438. The molecule has 1 aliphatic rings. The molecule has 3 N–H and O–H groups in total. The Hall–Kier alpha value is -2.02. The second-order valence-corrected chi connectivity index (χ2v) is 5.47. The highest BCUT2D eigenvalue weighted by atomic mass is 19.4. The number of urea groups is 1. The topological polar surface area (TPSA) is 61.4 Å². The molecule has 0 heterocycles. The lowest BCUT2D eigenvalue weighted by Gasteiger charge is -2.20. The molecule has 0 radical (unpaired) electrons. The first-order valence-electron chi connectivity index (χ1n) is 7.41. The first-order chi connectivity index (χ1) is 10.9. The Morgan fingerprint density at radius 1 is 1.35 bits per heavy atom. The zero-order valence-electron chi connectivity index (χ0n) is 12.4. The molecule has 1 aromatic carbocycles. The minimum Gasteiger partial charge on any atom is -0.387 e. The Labute approximate surface area is 132 Å². The van der Waals surface area contributed by atoms with Crippen LogP contribution in [-0.4, -0.2) is 23.7 Å². The summed E-state index contributed by atoms with van der Waals surface area (Å²) in [5, 5.41) is 15.2. The third kappa shape index (κ3) is 5.28. The lowest BCUT2D eigenvalue weighted by atomic mass is 10.0. The number of benzene rings is 1. The van der Waals surface area contributed by atoms with Gasteiger partial charge >= 0.3 is 12.2 Å². The molecule has 1 aliphatic carbocycles. The summed E-state index contributed by atoms with van der Waals surface area (Å²) in [6, 6.07) is 4.06. The molecule has 4 nitrogen and oxygen atoms in total. The monoisotopic (exact) mass is 328 g/mol. The average Bonchev–Trinajstić information content (AvgIpc) is 2.53. The van der Waals surface area contributed by atoms with Crippen LogP contribution in [0.3, 0.4) is 0 Å². The second-order valence-electron chi connectivity index (χ2n) is 5.47. The van der Waals surface area contributed by atoms with E-state index in [9.17, 15) is 23.1 Å². The zero-order chi connectivity index (χ0) is 16.9. The van der Waals surface area contributed by atoms with E-state index in [1.54, 1.807) is 0 Å². The van der Waals surface area contributed by atoms with Crippen LogP contribution in [0.15, 0.2) is 36.4 Å². The van der Waals surface area contributed by atoms with Crippen LogP contribution in [0.2, 0.25) is 0 Å². The number of amides is 2. The molecular weight excluding hydrogens is 309 g/mol. The van der Waals surface area contributed by atoms with Gasteiger partial charge in [0, 0.05) is 12.6 Å². The van der Waals surface area contributed by atoms with Gasteiger partial charge in [0.05, 0.1) is 11.7 Å². The summed E-state index contributed by atoms with van der Waals surface area (Å²) in [5.41, 5.74) is -0.715. The maximum atomic E-state index is 12.6. The molecular formula is C16H19F3N2O2. The first-order valence-corrected chi connectivity index (χ1v) is 7.41. The van der Waals surface area contributed by atoms with E-state index >= 15 is 0 Å². The molecule has 0 bridgehead atoms. The van der Waals surface area contributed by atoms with Crippen LogP contribution in [0.1, 0.15) is 36.5 Å². The maximum Gasteiger partial charge on any atom is 0.416 e. The number of carbonyl (C=O) groups is 1. The van der Waals surface area contributed by atoms with Crippen molar-refractivity contribution in [3.63, 3.8) is 0 Å². The number of nitrogens with one attached hydrogen (secondary N) is 2. The number of aliphatic hydroxyl groups is 1. The fourth-order valence-corrected chi connectivity index (χ4v) is 2.39. The Kier molecular flexibility index (Phi) is 5.65. The van der Waals surface area contributed by atoms with E-state index < -0.39 is 23.9 Å². The van der Waals surface area contributed by atoms with Crippen molar-refractivity contribution in [3.8, 4) is 0 Å². The normalized spacial score (nSPS) is 19.2. The van der Waals surface area contributed by atoms with Gasteiger partial charge in [0.1, 0.15) is 0 Å². The summed E-state index contributed by atoms with van der Waals surface area (Å²) in [5.74, 6) is 0. The molecule has 0 aromatic heterocycles. The van der Waals surface area contributed by atoms with E-state index in [2.05, 4.69) is 10.6 Å². The van der Waals surface area contributed by atoms with Crippen molar-refractivity contribution in [2.24, 2.45) is 0 Å². The van der Waals surface area contributed by atoms with Gasteiger partial charge in [-0.15, -0.1) is 0 Å². The fourth-order valence-electron chi connectivity index (χ4n) is 2.39. The SMILES string of the molecule is O=C(NCC(O)c1cccc(C(F)(F)F)c1)NC1CC=CCC1. The van der Waals surface area contributed by atoms with Crippen molar-refractivity contribution in [2.45, 2.75) is 37.6 Å². The van der Waals surface area contributed by atoms with Gasteiger partial charge in [-0.05, 0) is 37.0 Å². The van der Waals surface area contributed by atoms with Crippen LogP contribution in [0.5, 0.6) is 0 Å². The minimum atomic E-state index is -4.46. The number of halogens is 3. The predicted molar refractivity (Wildman–Crippen MR) is 79.7 cm³/mol. The lowest BCUT2D eigenvalue weighted by molar-refractivity contribution is -0.137. The summed E-state index contributed by atoms with van der Waals surface area (Å²) >= 11 is 0. The van der Waals surface area contributed by atoms with Crippen LogP contribution in [0.25, 0.3) is 0 Å². The van der Waals surface area contributed by atoms with E-state index in [0.717, 1.165) is 31.4 Å². The van der Waals surface area contributed by atoms with Gasteiger partial charge in [-0.1, -0.05) is 24.3 Å². The van der Waals surface area contributed by atoms with E-state index in [0.29, 0.717) is 0 Å². The molecule has 2 atom stereocenters. The number of carbonyl (C=O) groups excluding carboxylic acids is 1. The van der Waals surface area contributed by atoms with Crippen LogP contribution >= 0.6 is 0 Å². The number of allylic oxidation sites excluding steroid dienone is 1. The molecule has 126 valence electrons. The molecule has 0 spiro atoms. The standard InChI is InChI=1S/C16H19F3N2O2/c17-16(18,19)12-6-4-5-11(9-12)14(22)10-20-15(23)21-13-7-2-1-3-8-13/h1-2,4-6,9,13-14,22H,3,7-8,10H2,(H2,20,21,23). The van der Waals surface area contributed by atoms with Crippen LogP contribution in [0.4, 0.5) is 18.0 Å². The Balaban J connectivity index is 1.85. The van der Waals surface area contributed by atoms with E-state index in [1.807, 2.05) is 12.2 Å².